The number of methoxy groups -OCH3 is 2. The predicted octanol–water partition coefficient (Wildman–Crippen LogP) is 5.31. The van der Waals surface area contributed by atoms with Crippen LogP contribution in [0.3, 0.4) is 0 Å². The molecule has 6 heteroatoms. The Morgan fingerprint density at radius 3 is 2.30 bits per heavy atom. The second-order valence-corrected chi connectivity index (χ2v) is 7.29. The molecule has 142 valence electrons. The molecule has 2 aromatic carbocycles. The summed E-state index contributed by atoms with van der Waals surface area (Å²) in [5.74, 6) is 2.93. The van der Waals surface area contributed by atoms with E-state index in [0.717, 1.165) is 46.1 Å². The van der Waals surface area contributed by atoms with Crippen LogP contribution in [0.15, 0.2) is 40.9 Å². The zero-order valence-electron chi connectivity index (χ0n) is 16.1. The quantitative estimate of drug-likeness (QED) is 0.508. The number of unbranched alkanes of at least 4 members (excludes halogenated alkanes) is 1. The largest absolute Gasteiger partial charge is 0.493 e. The van der Waals surface area contributed by atoms with Crippen molar-refractivity contribution >= 4 is 32.7 Å². The van der Waals surface area contributed by atoms with Crippen molar-refractivity contribution in [3.63, 3.8) is 0 Å². The minimum atomic E-state index is 0.660. The molecule has 1 aromatic heterocycles. The van der Waals surface area contributed by atoms with Crippen molar-refractivity contribution in [2.45, 2.75) is 19.8 Å². The van der Waals surface area contributed by atoms with Gasteiger partial charge >= 0.3 is 0 Å². The molecule has 5 nitrogen and oxygen atoms in total. The fourth-order valence-electron chi connectivity index (χ4n) is 2.96. The Labute approximate surface area is 168 Å². The monoisotopic (exact) mass is 429 g/mol. The lowest BCUT2D eigenvalue weighted by Crippen LogP contribution is -2.20. The minimum absolute atomic E-state index is 0.660. The van der Waals surface area contributed by atoms with Gasteiger partial charge in [0, 0.05) is 35.1 Å². The van der Waals surface area contributed by atoms with E-state index < -0.39 is 0 Å². The molecule has 1 heterocycles. The van der Waals surface area contributed by atoms with Crippen LogP contribution in [0.1, 0.15) is 19.8 Å². The van der Waals surface area contributed by atoms with E-state index in [9.17, 15) is 0 Å². The number of ether oxygens (including phenoxy) is 2. The molecule has 0 radical (unpaired) electrons. The summed E-state index contributed by atoms with van der Waals surface area (Å²) in [7, 11) is 5.34. The minimum Gasteiger partial charge on any atom is -0.493 e. The topological polar surface area (TPSA) is 47.5 Å². The van der Waals surface area contributed by atoms with E-state index in [0.29, 0.717) is 17.3 Å². The third kappa shape index (κ3) is 4.16. The molecule has 0 aliphatic carbocycles. The SMILES string of the molecule is CCCCN(C)c1nc(-c2ccc(Br)cc2)nc2cc(OC)c(OC)cc12. The first-order chi connectivity index (χ1) is 13.1. The highest BCUT2D eigenvalue weighted by molar-refractivity contribution is 9.10. The van der Waals surface area contributed by atoms with Gasteiger partial charge in [0.15, 0.2) is 17.3 Å². The molecule has 0 aliphatic heterocycles. The van der Waals surface area contributed by atoms with Crippen molar-refractivity contribution in [2.75, 3.05) is 32.7 Å². The molecular formula is C21H24BrN3O2. The molecule has 0 atom stereocenters. The Hall–Kier alpha value is -2.34. The van der Waals surface area contributed by atoms with Crippen LogP contribution in [0, 0.1) is 0 Å². The summed E-state index contributed by atoms with van der Waals surface area (Å²) >= 11 is 3.48. The number of aromatic nitrogens is 2. The van der Waals surface area contributed by atoms with Crippen LogP contribution >= 0.6 is 15.9 Å². The molecule has 0 N–H and O–H groups in total. The fraction of sp³-hybridized carbons (Fsp3) is 0.333. The number of halogens is 1. The third-order valence-corrected chi connectivity index (χ3v) is 5.02. The van der Waals surface area contributed by atoms with Gasteiger partial charge in [0.2, 0.25) is 0 Å². The summed E-state index contributed by atoms with van der Waals surface area (Å²) in [5.41, 5.74) is 1.80. The normalized spacial score (nSPS) is 10.9. The van der Waals surface area contributed by atoms with E-state index in [2.05, 4.69) is 34.8 Å². The average Bonchev–Trinajstić information content (AvgIpc) is 2.70. The van der Waals surface area contributed by atoms with Crippen LogP contribution in [-0.2, 0) is 0 Å². The van der Waals surface area contributed by atoms with E-state index in [4.69, 9.17) is 19.4 Å². The van der Waals surface area contributed by atoms with Crippen LogP contribution in [0.4, 0.5) is 5.82 Å². The van der Waals surface area contributed by atoms with Crippen molar-refractivity contribution in [3.8, 4) is 22.9 Å². The Bertz CT molecular complexity index is 929. The number of anilines is 1. The maximum atomic E-state index is 5.48. The molecule has 27 heavy (non-hydrogen) atoms. The van der Waals surface area contributed by atoms with Gasteiger partial charge in [-0.2, -0.15) is 0 Å². The fourth-order valence-corrected chi connectivity index (χ4v) is 3.22. The number of fused-ring (bicyclic) bond motifs is 1. The van der Waals surface area contributed by atoms with E-state index in [1.807, 2.05) is 36.4 Å². The van der Waals surface area contributed by atoms with Gasteiger partial charge in [0.05, 0.1) is 19.7 Å². The molecule has 0 amide bonds. The smallest absolute Gasteiger partial charge is 0.162 e. The van der Waals surface area contributed by atoms with Gasteiger partial charge < -0.3 is 14.4 Å². The molecule has 0 spiro atoms. The lowest BCUT2D eigenvalue weighted by atomic mass is 10.1. The van der Waals surface area contributed by atoms with Gasteiger partial charge in [-0.25, -0.2) is 9.97 Å². The van der Waals surface area contributed by atoms with Gasteiger partial charge in [0.1, 0.15) is 5.82 Å². The van der Waals surface area contributed by atoms with Gasteiger partial charge in [-0.1, -0.05) is 41.4 Å². The van der Waals surface area contributed by atoms with Crippen molar-refractivity contribution in [1.29, 1.82) is 0 Å². The van der Waals surface area contributed by atoms with Crippen LogP contribution < -0.4 is 14.4 Å². The lowest BCUT2D eigenvalue weighted by molar-refractivity contribution is 0.356. The van der Waals surface area contributed by atoms with Gasteiger partial charge in [-0.05, 0) is 24.6 Å². The van der Waals surface area contributed by atoms with Crippen molar-refractivity contribution in [1.82, 2.24) is 9.97 Å². The molecule has 0 fully saturated rings. The second-order valence-electron chi connectivity index (χ2n) is 6.38. The van der Waals surface area contributed by atoms with E-state index in [-0.39, 0.29) is 0 Å². The highest BCUT2D eigenvalue weighted by atomic mass is 79.9. The summed E-state index contributed by atoms with van der Waals surface area (Å²) in [5, 5.41) is 0.951. The molecule has 0 saturated carbocycles. The van der Waals surface area contributed by atoms with Crippen LogP contribution in [0.25, 0.3) is 22.3 Å². The molecule has 0 saturated heterocycles. The van der Waals surface area contributed by atoms with Gasteiger partial charge in [-0.15, -0.1) is 0 Å². The average molecular weight is 430 g/mol. The highest BCUT2D eigenvalue weighted by Gasteiger charge is 2.16. The molecule has 3 rings (SSSR count). The van der Waals surface area contributed by atoms with Gasteiger partial charge in [-0.3, -0.25) is 0 Å². The number of benzene rings is 2. The molecule has 0 unspecified atom stereocenters. The number of hydrogen-bond acceptors (Lipinski definition) is 5. The van der Waals surface area contributed by atoms with Crippen LogP contribution in [0.5, 0.6) is 11.5 Å². The second kappa shape index (κ2) is 8.57. The summed E-state index contributed by atoms with van der Waals surface area (Å²) in [6, 6.07) is 11.9. The zero-order valence-corrected chi connectivity index (χ0v) is 17.7. The summed E-state index contributed by atoms with van der Waals surface area (Å²) in [4.78, 5) is 11.9. The van der Waals surface area contributed by atoms with Crippen molar-refractivity contribution in [2.24, 2.45) is 0 Å². The molecular weight excluding hydrogens is 406 g/mol. The Kier molecular flexibility index (Phi) is 6.16. The molecule has 3 aromatic rings. The Balaban J connectivity index is 2.21. The summed E-state index contributed by atoms with van der Waals surface area (Å²) in [6.07, 6.45) is 2.23. The van der Waals surface area contributed by atoms with E-state index >= 15 is 0 Å². The highest BCUT2D eigenvalue weighted by Crippen LogP contribution is 2.36. The lowest BCUT2D eigenvalue weighted by Gasteiger charge is -2.21. The standard InChI is InChI=1S/C21H24BrN3O2/c1-5-6-11-25(2)21-16-12-18(26-3)19(27-4)13-17(16)23-20(24-21)14-7-9-15(22)10-8-14/h7-10,12-13H,5-6,11H2,1-4H3. The zero-order chi connectivity index (χ0) is 19.4. The Morgan fingerprint density at radius 1 is 1.00 bits per heavy atom. The van der Waals surface area contributed by atoms with E-state index in [1.54, 1.807) is 14.2 Å². The molecule has 0 aliphatic rings. The summed E-state index contributed by atoms with van der Waals surface area (Å²) < 4.78 is 12.0. The molecule has 0 bridgehead atoms. The number of nitrogens with zero attached hydrogens (tertiary/aromatic N) is 3. The third-order valence-electron chi connectivity index (χ3n) is 4.49. The predicted molar refractivity (Wildman–Crippen MR) is 114 cm³/mol. The maximum absolute atomic E-state index is 5.48. The first kappa shape index (κ1) is 19.4. The summed E-state index contributed by atoms with van der Waals surface area (Å²) in [6.45, 7) is 3.11. The Morgan fingerprint density at radius 2 is 1.67 bits per heavy atom. The van der Waals surface area contributed by atoms with Crippen molar-refractivity contribution in [3.05, 3.63) is 40.9 Å². The maximum Gasteiger partial charge on any atom is 0.162 e. The number of hydrogen-bond donors (Lipinski definition) is 0. The van der Waals surface area contributed by atoms with Gasteiger partial charge in [0.25, 0.3) is 0 Å². The van der Waals surface area contributed by atoms with Crippen LogP contribution in [-0.4, -0.2) is 37.8 Å². The van der Waals surface area contributed by atoms with E-state index in [1.165, 1.54) is 0 Å². The first-order valence-corrected chi connectivity index (χ1v) is 9.77. The van der Waals surface area contributed by atoms with Crippen molar-refractivity contribution < 1.29 is 9.47 Å². The first-order valence-electron chi connectivity index (χ1n) is 8.98. The van der Waals surface area contributed by atoms with Crippen LogP contribution in [0.2, 0.25) is 0 Å². The number of rotatable bonds is 7.